The van der Waals surface area contributed by atoms with E-state index < -0.39 is 0 Å². The summed E-state index contributed by atoms with van der Waals surface area (Å²) in [7, 11) is 0. The Morgan fingerprint density at radius 1 is 1.57 bits per heavy atom. The molecule has 1 aromatic heterocycles. The van der Waals surface area contributed by atoms with Crippen molar-refractivity contribution in [2.24, 2.45) is 5.92 Å². The summed E-state index contributed by atoms with van der Waals surface area (Å²) in [6, 6.07) is 0.557. The Bertz CT molecular complexity index is 293. The van der Waals surface area contributed by atoms with Gasteiger partial charge in [-0.05, 0) is 25.7 Å². The molecule has 1 aliphatic carbocycles. The Morgan fingerprint density at radius 3 is 2.86 bits per heavy atom. The molecule has 0 amide bonds. The second-order valence-corrected chi connectivity index (χ2v) is 4.75. The van der Waals surface area contributed by atoms with E-state index in [-0.39, 0.29) is 0 Å². The minimum atomic E-state index is 0.557. The maximum atomic E-state index is 4.41. The number of nitrogens with zero attached hydrogens (tertiary/aromatic N) is 2. The van der Waals surface area contributed by atoms with Crippen molar-refractivity contribution in [3.63, 3.8) is 0 Å². The van der Waals surface area contributed by atoms with Crippen molar-refractivity contribution in [1.29, 1.82) is 0 Å². The molecule has 1 heterocycles. The van der Waals surface area contributed by atoms with Crippen LogP contribution in [0.25, 0.3) is 0 Å². The molecule has 0 unspecified atom stereocenters. The first-order valence-corrected chi connectivity index (χ1v) is 6.16. The molecule has 1 saturated carbocycles. The molecule has 0 spiro atoms. The van der Waals surface area contributed by atoms with Gasteiger partial charge >= 0.3 is 0 Å². The molecule has 14 heavy (non-hydrogen) atoms. The maximum Gasteiger partial charge on any atom is 0.202 e. The van der Waals surface area contributed by atoms with Gasteiger partial charge in [-0.25, -0.2) is 4.98 Å². The fourth-order valence-electron chi connectivity index (χ4n) is 1.71. The van der Waals surface area contributed by atoms with Gasteiger partial charge in [-0.1, -0.05) is 13.3 Å². The van der Waals surface area contributed by atoms with Gasteiger partial charge in [-0.3, -0.25) is 0 Å². The molecule has 4 heteroatoms. The van der Waals surface area contributed by atoms with Gasteiger partial charge in [0.1, 0.15) is 5.82 Å². The first-order valence-electron chi connectivity index (χ1n) is 5.38. The van der Waals surface area contributed by atoms with Crippen molar-refractivity contribution in [2.45, 2.75) is 45.6 Å². The standard InChI is InChI=1S/C10H17N3S/c1-3-9-12-10(14-13-9)11-7(2)8-5-4-6-8/h7-8H,3-6H2,1-2H3,(H,11,12,13)/t7-/m1/s1. The van der Waals surface area contributed by atoms with Gasteiger partial charge < -0.3 is 5.32 Å². The van der Waals surface area contributed by atoms with Crippen molar-refractivity contribution < 1.29 is 0 Å². The molecule has 0 radical (unpaired) electrons. The van der Waals surface area contributed by atoms with Crippen molar-refractivity contribution in [3.8, 4) is 0 Å². The second kappa shape index (κ2) is 4.26. The second-order valence-electron chi connectivity index (χ2n) is 3.99. The lowest BCUT2D eigenvalue weighted by atomic mass is 9.80. The van der Waals surface area contributed by atoms with Crippen molar-refractivity contribution in [3.05, 3.63) is 5.82 Å². The molecule has 1 atom stereocenters. The smallest absolute Gasteiger partial charge is 0.202 e. The van der Waals surface area contributed by atoms with Crippen LogP contribution in [0.15, 0.2) is 0 Å². The average Bonchev–Trinajstić information content (AvgIpc) is 2.48. The summed E-state index contributed by atoms with van der Waals surface area (Å²) < 4.78 is 4.26. The molecule has 0 aromatic carbocycles. The third-order valence-electron chi connectivity index (χ3n) is 2.99. The minimum absolute atomic E-state index is 0.557. The predicted octanol–water partition coefficient (Wildman–Crippen LogP) is 2.70. The van der Waals surface area contributed by atoms with Crippen LogP contribution in [0, 0.1) is 5.92 Å². The van der Waals surface area contributed by atoms with Crippen LogP contribution in [-0.2, 0) is 6.42 Å². The van der Waals surface area contributed by atoms with Crippen molar-refractivity contribution in [2.75, 3.05) is 5.32 Å². The van der Waals surface area contributed by atoms with Crippen LogP contribution in [0.4, 0.5) is 5.13 Å². The quantitative estimate of drug-likeness (QED) is 0.832. The number of aromatic nitrogens is 2. The summed E-state index contributed by atoms with van der Waals surface area (Å²) >= 11 is 1.48. The number of hydrogen-bond donors (Lipinski definition) is 1. The highest BCUT2D eigenvalue weighted by Gasteiger charge is 2.24. The van der Waals surface area contributed by atoms with E-state index in [1.165, 1.54) is 30.8 Å². The molecule has 78 valence electrons. The van der Waals surface area contributed by atoms with Crippen molar-refractivity contribution in [1.82, 2.24) is 9.36 Å². The van der Waals surface area contributed by atoms with Gasteiger partial charge in [0.15, 0.2) is 0 Å². The molecule has 0 bridgehead atoms. The Morgan fingerprint density at radius 2 is 2.36 bits per heavy atom. The third-order valence-corrected chi connectivity index (χ3v) is 3.68. The Kier molecular flexibility index (Phi) is 3.01. The largest absolute Gasteiger partial charge is 0.358 e. The number of rotatable bonds is 4. The minimum Gasteiger partial charge on any atom is -0.358 e. The maximum absolute atomic E-state index is 4.41. The fourth-order valence-corrected chi connectivity index (χ4v) is 2.46. The van der Waals surface area contributed by atoms with Crippen molar-refractivity contribution >= 4 is 16.7 Å². The lowest BCUT2D eigenvalue weighted by Gasteiger charge is -2.31. The van der Waals surface area contributed by atoms with E-state index in [0.29, 0.717) is 6.04 Å². The lowest BCUT2D eigenvalue weighted by Crippen LogP contribution is -2.30. The highest BCUT2D eigenvalue weighted by atomic mass is 32.1. The number of aryl methyl sites for hydroxylation is 1. The number of hydrogen-bond acceptors (Lipinski definition) is 4. The fraction of sp³-hybridized carbons (Fsp3) is 0.800. The van der Waals surface area contributed by atoms with Gasteiger partial charge in [-0.15, -0.1) is 0 Å². The van der Waals surface area contributed by atoms with Gasteiger partial charge in [-0.2, -0.15) is 4.37 Å². The molecular weight excluding hydrogens is 194 g/mol. The molecule has 1 aliphatic rings. The Balaban J connectivity index is 1.89. The topological polar surface area (TPSA) is 37.8 Å². The molecular formula is C10H17N3S. The highest BCUT2D eigenvalue weighted by molar-refractivity contribution is 7.09. The summed E-state index contributed by atoms with van der Waals surface area (Å²) in [6.07, 6.45) is 5.06. The van der Waals surface area contributed by atoms with Gasteiger partial charge in [0.05, 0.1) is 0 Å². The van der Waals surface area contributed by atoms with Crippen LogP contribution in [0.5, 0.6) is 0 Å². The number of nitrogens with one attached hydrogen (secondary N) is 1. The Labute approximate surface area is 89.1 Å². The third kappa shape index (κ3) is 2.05. The molecule has 1 aromatic rings. The Hall–Kier alpha value is -0.640. The van der Waals surface area contributed by atoms with Gasteiger partial charge in [0, 0.05) is 24.0 Å². The van der Waals surface area contributed by atoms with E-state index in [1.807, 2.05) is 0 Å². The van der Waals surface area contributed by atoms with E-state index in [1.54, 1.807) is 0 Å². The van der Waals surface area contributed by atoms with Gasteiger partial charge in [0.2, 0.25) is 5.13 Å². The van der Waals surface area contributed by atoms with Crippen LogP contribution in [0.3, 0.4) is 0 Å². The van der Waals surface area contributed by atoms with E-state index in [4.69, 9.17) is 0 Å². The van der Waals surface area contributed by atoms with E-state index in [2.05, 4.69) is 28.5 Å². The van der Waals surface area contributed by atoms with E-state index in [9.17, 15) is 0 Å². The highest BCUT2D eigenvalue weighted by Crippen LogP contribution is 2.31. The SMILES string of the molecule is CCc1nsc(N[C@H](C)C2CCC2)n1. The summed E-state index contributed by atoms with van der Waals surface area (Å²) in [4.78, 5) is 4.41. The molecule has 1 fully saturated rings. The summed E-state index contributed by atoms with van der Waals surface area (Å²) in [5.41, 5.74) is 0. The molecule has 3 nitrogen and oxygen atoms in total. The summed E-state index contributed by atoms with van der Waals surface area (Å²) in [5.74, 6) is 1.81. The van der Waals surface area contributed by atoms with E-state index in [0.717, 1.165) is 23.3 Å². The number of anilines is 1. The van der Waals surface area contributed by atoms with Crippen LogP contribution < -0.4 is 5.32 Å². The van der Waals surface area contributed by atoms with Crippen LogP contribution in [0.2, 0.25) is 0 Å². The molecule has 0 saturated heterocycles. The van der Waals surface area contributed by atoms with E-state index >= 15 is 0 Å². The predicted molar refractivity (Wildman–Crippen MR) is 59.7 cm³/mol. The van der Waals surface area contributed by atoms with Crippen LogP contribution in [0.1, 0.15) is 38.9 Å². The summed E-state index contributed by atoms with van der Waals surface area (Å²) in [5, 5.41) is 4.43. The first kappa shape index (κ1) is 9.90. The summed E-state index contributed by atoms with van der Waals surface area (Å²) in [6.45, 7) is 4.33. The average molecular weight is 211 g/mol. The zero-order valence-electron chi connectivity index (χ0n) is 8.79. The van der Waals surface area contributed by atoms with Gasteiger partial charge in [0.25, 0.3) is 0 Å². The normalized spacial score (nSPS) is 19.0. The van der Waals surface area contributed by atoms with Crippen LogP contribution >= 0.6 is 11.5 Å². The molecule has 0 aliphatic heterocycles. The molecule has 2 rings (SSSR count). The zero-order chi connectivity index (χ0) is 9.97. The first-order chi connectivity index (χ1) is 6.79. The van der Waals surface area contributed by atoms with Crippen LogP contribution in [-0.4, -0.2) is 15.4 Å². The lowest BCUT2D eigenvalue weighted by molar-refractivity contribution is 0.285. The monoisotopic (exact) mass is 211 g/mol. The zero-order valence-corrected chi connectivity index (χ0v) is 9.60. The molecule has 1 N–H and O–H groups in total.